The zero-order valence-electron chi connectivity index (χ0n) is 16.0. The second kappa shape index (κ2) is 8.02. The van der Waals surface area contributed by atoms with Crippen LogP contribution >= 0.6 is 0 Å². The summed E-state index contributed by atoms with van der Waals surface area (Å²) in [6, 6.07) is 4.49. The van der Waals surface area contributed by atoms with Gasteiger partial charge in [-0.3, -0.25) is 34.3 Å². The molecule has 29 heavy (non-hydrogen) atoms. The molecule has 3 heterocycles. The van der Waals surface area contributed by atoms with Gasteiger partial charge in [0.25, 0.3) is 11.8 Å². The number of hydrogen-bond acceptors (Lipinski definition) is 7. The van der Waals surface area contributed by atoms with Gasteiger partial charge < -0.3 is 10.4 Å². The molecule has 3 aliphatic heterocycles. The van der Waals surface area contributed by atoms with E-state index in [4.69, 9.17) is 5.11 Å². The second-order valence-corrected chi connectivity index (χ2v) is 7.73. The van der Waals surface area contributed by atoms with Crippen LogP contribution in [0.3, 0.4) is 0 Å². The minimum absolute atomic E-state index is 0.104. The van der Waals surface area contributed by atoms with Gasteiger partial charge in [-0.05, 0) is 30.5 Å². The zero-order valence-corrected chi connectivity index (χ0v) is 16.0. The van der Waals surface area contributed by atoms with Crippen molar-refractivity contribution in [3.05, 3.63) is 34.9 Å². The van der Waals surface area contributed by atoms with Crippen LogP contribution in [-0.2, 0) is 16.1 Å². The van der Waals surface area contributed by atoms with Gasteiger partial charge in [0, 0.05) is 45.2 Å². The lowest BCUT2D eigenvalue weighted by molar-refractivity contribution is -0.136. The van der Waals surface area contributed by atoms with Gasteiger partial charge in [-0.15, -0.1) is 0 Å². The fourth-order valence-corrected chi connectivity index (χ4v) is 4.26. The Morgan fingerprint density at radius 3 is 2.66 bits per heavy atom. The highest BCUT2D eigenvalue weighted by Crippen LogP contribution is 2.28. The van der Waals surface area contributed by atoms with Gasteiger partial charge in [-0.2, -0.15) is 0 Å². The second-order valence-electron chi connectivity index (χ2n) is 7.73. The molecular formula is C20H24N4O5. The number of aliphatic hydroxyl groups is 1. The van der Waals surface area contributed by atoms with Crippen molar-refractivity contribution in [2.75, 3.05) is 26.2 Å². The standard InChI is InChI=1S/C20H24N4O5/c25-8-5-13-11-23(7-6-21-13)10-12-1-2-14-15(9-12)20(29)24(19(14)28)16-3-4-17(26)22-18(16)27/h1-2,9,13,16,21,25H,3-8,10-11H2,(H,22,26,27). The summed E-state index contributed by atoms with van der Waals surface area (Å²) in [5.74, 6) is -1.97. The van der Waals surface area contributed by atoms with Crippen LogP contribution in [0.5, 0.6) is 0 Å². The smallest absolute Gasteiger partial charge is 0.262 e. The normalized spacial score (nSPS) is 25.3. The largest absolute Gasteiger partial charge is 0.396 e. The first-order valence-corrected chi connectivity index (χ1v) is 9.89. The molecule has 3 aliphatic rings. The van der Waals surface area contributed by atoms with Gasteiger partial charge in [-0.25, -0.2) is 0 Å². The molecule has 2 unspecified atom stereocenters. The lowest BCUT2D eigenvalue weighted by Gasteiger charge is -2.33. The van der Waals surface area contributed by atoms with Crippen LogP contribution in [0.15, 0.2) is 18.2 Å². The number of nitrogens with one attached hydrogen (secondary N) is 2. The van der Waals surface area contributed by atoms with Gasteiger partial charge in [0.15, 0.2) is 0 Å². The maximum Gasteiger partial charge on any atom is 0.262 e. The van der Waals surface area contributed by atoms with Crippen LogP contribution in [0.2, 0.25) is 0 Å². The van der Waals surface area contributed by atoms with Crippen molar-refractivity contribution in [1.82, 2.24) is 20.4 Å². The van der Waals surface area contributed by atoms with Crippen molar-refractivity contribution in [2.45, 2.75) is 37.9 Å². The minimum Gasteiger partial charge on any atom is -0.396 e. The molecule has 0 spiro atoms. The number of hydrogen-bond donors (Lipinski definition) is 3. The molecule has 4 rings (SSSR count). The molecule has 4 amide bonds. The first kappa shape index (κ1) is 19.7. The van der Waals surface area contributed by atoms with Gasteiger partial charge in [0.2, 0.25) is 11.8 Å². The molecule has 2 fully saturated rings. The number of benzene rings is 1. The number of amides is 4. The number of piperidine rings is 1. The SMILES string of the molecule is O=C1CCC(N2C(=O)c3ccc(CN4CCNC(CCO)C4)cc3C2=O)C(=O)N1. The summed E-state index contributed by atoms with van der Waals surface area (Å²) in [4.78, 5) is 52.4. The van der Waals surface area contributed by atoms with Crippen molar-refractivity contribution >= 4 is 23.6 Å². The van der Waals surface area contributed by atoms with Crippen molar-refractivity contribution in [3.8, 4) is 0 Å². The van der Waals surface area contributed by atoms with Crippen LogP contribution in [0, 0.1) is 0 Å². The lowest BCUT2D eigenvalue weighted by Crippen LogP contribution is -2.54. The number of carbonyl (C=O) groups excluding carboxylic acids is 4. The Kier molecular flexibility index (Phi) is 5.44. The number of carbonyl (C=O) groups is 4. The monoisotopic (exact) mass is 400 g/mol. The van der Waals surface area contributed by atoms with Crippen LogP contribution in [-0.4, -0.2) is 76.9 Å². The number of rotatable bonds is 5. The highest BCUT2D eigenvalue weighted by molar-refractivity contribution is 6.23. The number of imide groups is 2. The molecular weight excluding hydrogens is 376 g/mol. The lowest BCUT2D eigenvalue weighted by atomic mass is 10.0. The number of nitrogens with zero attached hydrogens (tertiary/aromatic N) is 2. The number of piperazine rings is 1. The predicted molar refractivity (Wildman–Crippen MR) is 102 cm³/mol. The highest BCUT2D eigenvalue weighted by Gasteiger charge is 2.44. The van der Waals surface area contributed by atoms with E-state index in [1.807, 2.05) is 6.07 Å². The summed E-state index contributed by atoms with van der Waals surface area (Å²) < 4.78 is 0. The molecule has 0 saturated carbocycles. The molecule has 9 heteroatoms. The van der Waals surface area contributed by atoms with Crippen molar-refractivity contribution in [2.24, 2.45) is 0 Å². The Hall–Kier alpha value is -2.62. The van der Waals surface area contributed by atoms with Gasteiger partial charge in [0.05, 0.1) is 11.1 Å². The van der Waals surface area contributed by atoms with E-state index in [0.717, 1.165) is 30.1 Å². The Balaban J connectivity index is 1.50. The number of fused-ring (bicyclic) bond motifs is 1. The maximum atomic E-state index is 12.9. The third kappa shape index (κ3) is 3.81. The molecule has 3 N–H and O–H groups in total. The first-order chi connectivity index (χ1) is 14.0. The van der Waals surface area contributed by atoms with Gasteiger partial charge in [-0.1, -0.05) is 6.07 Å². The van der Waals surface area contributed by atoms with E-state index in [1.165, 1.54) is 0 Å². The molecule has 0 aliphatic carbocycles. The Morgan fingerprint density at radius 1 is 1.10 bits per heavy atom. The molecule has 1 aromatic carbocycles. The van der Waals surface area contributed by atoms with E-state index in [1.54, 1.807) is 12.1 Å². The van der Waals surface area contributed by atoms with E-state index in [9.17, 15) is 19.2 Å². The van der Waals surface area contributed by atoms with Crippen LogP contribution in [0.1, 0.15) is 45.5 Å². The molecule has 154 valence electrons. The van der Waals surface area contributed by atoms with Crippen LogP contribution < -0.4 is 10.6 Å². The quantitative estimate of drug-likeness (QED) is 0.556. The van der Waals surface area contributed by atoms with E-state index < -0.39 is 23.8 Å². The van der Waals surface area contributed by atoms with Crippen molar-refractivity contribution < 1.29 is 24.3 Å². The van der Waals surface area contributed by atoms with Crippen LogP contribution in [0.25, 0.3) is 0 Å². The summed E-state index contributed by atoms with van der Waals surface area (Å²) in [5.41, 5.74) is 1.51. The fraction of sp³-hybridized carbons (Fsp3) is 0.500. The highest BCUT2D eigenvalue weighted by atomic mass is 16.3. The third-order valence-corrected chi connectivity index (χ3v) is 5.73. The van der Waals surface area contributed by atoms with Gasteiger partial charge >= 0.3 is 0 Å². The maximum absolute atomic E-state index is 12.9. The average molecular weight is 400 g/mol. The summed E-state index contributed by atoms with van der Waals surface area (Å²) in [6.07, 6.45) is 0.942. The molecule has 2 atom stereocenters. The topological polar surface area (TPSA) is 119 Å². The Bertz CT molecular complexity index is 868. The summed E-state index contributed by atoms with van der Waals surface area (Å²) in [5, 5.41) is 14.7. The molecule has 0 radical (unpaired) electrons. The summed E-state index contributed by atoms with van der Waals surface area (Å²) in [7, 11) is 0. The van der Waals surface area contributed by atoms with E-state index in [2.05, 4.69) is 15.5 Å². The zero-order chi connectivity index (χ0) is 20.5. The van der Waals surface area contributed by atoms with Gasteiger partial charge in [0.1, 0.15) is 6.04 Å². The number of aliphatic hydroxyl groups excluding tert-OH is 1. The fourth-order valence-electron chi connectivity index (χ4n) is 4.26. The summed E-state index contributed by atoms with van der Waals surface area (Å²) in [6.45, 7) is 3.26. The summed E-state index contributed by atoms with van der Waals surface area (Å²) >= 11 is 0. The predicted octanol–water partition coefficient (Wildman–Crippen LogP) is -0.756. The van der Waals surface area contributed by atoms with Crippen molar-refractivity contribution in [3.63, 3.8) is 0 Å². The van der Waals surface area contributed by atoms with Crippen molar-refractivity contribution in [1.29, 1.82) is 0 Å². The van der Waals surface area contributed by atoms with E-state index in [0.29, 0.717) is 24.1 Å². The minimum atomic E-state index is -0.948. The van der Waals surface area contributed by atoms with E-state index >= 15 is 0 Å². The molecule has 9 nitrogen and oxygen atoms in total. The molecule has 1 aromatic rings. The third-order valence-electron chi connectivity index (χ3n) is 5.73. The van der Waals surface area contributed by atoms with Crippen LogP contribution in [0.4, 0.5) is 0 Å². The molecule has 0 aromatic heterocycles. The average Bonchev–Trinajstić information content (AvgIpc) is 2.93. The Labute approximate surface area is 168 Å². The Morgan fingerprint density at radius 2 is 1.90 bits per heavy atom. The van der Waals surface area contributed by atoms with E-state index in [-0.39, 0.29) is 31.4 Å². The molecule has 2 saturated heterocycles. The first-order valence-electron chi connectivity index (χ1n) is 9.89. The molecule has 0 bridgehead atoms.